The molecule has 1 N–H and O–H groups in total. The van der Waals surface area contributed by atoms with Crippen LogP contribution >= 0.6 is 0 Å². The number of nitrogens with zero attached hydrogens (tertiary/aromatic N) is 5. The number of aromatic amines is 1. The van der Waals surface area contributed by atoms with Gasteiger partial charge in [-0.05, 0) is 44.2 Å². The summed E-state index contributed by atoms with van der Waals surface area (Å²) < 4.78 is 52.8. The Hall–Kier alpha value is -3.66. The van der Waals surface area contributed by atoms with Gasteiger partial charge in [0.15, 0.2) is 5.52 Å². The summed E-state index contributed by atoms with van der Waals surface area (Å²) >= 11 is 0. The minimum absolute atomic E-state index is 0.0719. The number of aryl methyl sites for hydroxylation is 2. The number of hydrogen-bond acceptors (Lipinski definition) is 10. The average molecular weight is 685 g/mol. The highest BCUT2D eigenvalue weighted by Crippen LogP contribution is 2.32. The number of fused-ring (bicyclic) bond motifs is 1. The third-order valence-electron chi connectivity index (χ3n) is 7.73. The maximum Gasteiger partial charge on any atom is 0.277 e. The number of sulfonamides is 1. The van der Waals surface area contributed by atoms with Crippen LogP contribution in [0.4, 0.5) is 0 Å². The molecule has 14 heteroatoms. The molecule has 0 aliphatic heterocycles. The molecule has 4 rings (SSSR count). The van der Waals surface area contributed by atoms with Crippen LogP contribution in [0.3, 0.4) is 0 Å². The second-order valence-electron chi connectivity index (χ2n) is 11.4. The van der Waals surface area contributed by atoms with E-state index in [0.717, 1.165) is 12.0 Å². The molecule has 0 spiro atoms. The van der Waals surface area contributed by atoms with Crippen molar-refractivity contribution in [1.29, 1.82) is 0 Å². The molecule has 0 bridgehead atoms. The van der Waals surface area contributed by atoms with Gasteiger partial charge in [-0.15, -0.1) is 0 Å². The SMILES string of the molecule is CCCc1nn(C)c2c(=O)[nH]c(-c3cc(S(=O)(=O)N(C)CCN(C)CCOCCOCCOCc4ccccc4)ccc3OCC)nc12. The number of nitrogens with one attached hydrogen (secondary N) is 1. The first kappa shape index (κ1) is 37.2. The quantitative estimate of drug-likeness (QED) is 0.130. The molecular weight excluding hydrogens is 636 g/mol. The molecule has 0 aliphatic rings. The van der Waals surface area contributed by atoms with E-state index in [1.165, 1.54) is 21.1 Å². The highest BCUT2D eigenvalue weighted by Gasteiger charge is 2.24. The summed E-state index contributed by atoms with van der Waals surface area (Å²) in [7, 11) is 1.31. The van der Waals surface area contributed by atoms with Gasteiger partial charge in [0.05, 0.1) is 62.4 Å². The number of rotatable bonds is 21. The van der Waals surface area contributed by atoms with E-state index in [2.05, 4.69) is 10.1 Å². The van der Waals surface area contributed by atoms with Gasteiger partial charge in [0.25, 0.3) is 5.56 Å². The van der Waals surface area contributed by atoms with Gasteiger partial charge >= 0.3 is 0 Å². The fourth-order valence-electron chi connectivity index (χ4n) is 5.06. The van der Waals surface area contributed by atoms with Crippen LogP contribution in [0.5, 0.6) is 5.75 Å². The van der Waals surface area contributed by atoms with E-state index in [0.29, 0.717) is 93.8 Å². The normalized spacial score (nSPS) is 12.1. The summed E-state index contributed by atoms with van der Waals surface area (Å²) in [6.45, 7) is 8.65. The van der Waals surface area contributed by atoms with Gasteiger partial charge in [-0.2, -0.15) is 9.40 Å². The van der Waals surface area contributed by atoms with Crippen molar-refractivity contribution in [2.45, 2.75) is 38.2 Å². The first-order chi connectivity index (χ1) is 23.1. The smallest absolute Gasteiger partial charge is 0.277 e. The minimum atomic E-state index is -3.86. The van der Waals surface area contributed by atoms with Crippen molar-refractivity contribution < 1.29 is 27.4 Å². The van der Waals surface area contributed by atoms with Gasteiger partial charge in [-0.25, -0.2) is 13.4 Å². The Kier molecular flexibility index (Phi) is 14.1. The topological polar surface area (TPSA) is 141 Å². The van der Waals surface area contributed by atoms with E-state index in [4.69, 9.17) is 23.9 Å². The van der Waals surface area contributed by atoms with Crippen molar-refractivity contribution in [2.24, 2.45) is 7.05 Å². The number of ether oxygens (including phenoxy) is 4. The maximum absolute atomic E-state index is 13.6. The van der Waals surface area contributed by atoms with E-state index in [1.807, 2.05) is 56.1 Å². The Balaban J connectivity index is 1.28. The molecule has 0 saturated heterocycles. The van der Waals surface area contributed by atoms with Crippen molar-refractivity contribution in [2.75, 3.05) is 73.4 Å². The van der Waals surface area contributed by atoms with Crippen LogP contribution in [0.2, 0.25) is 0 Å². The lowest BCUT2D eigenvalue weighted by molar-refractivity contribution is 0.00793. The summed E-state index contributed by atoms with van der Waals surface area (Å²) in [5, 5.41) is 4.48. The average Bonchev–Trinajstić information content (AvgIpc) is 3.40. The summed E-state index contributed by atoms with van der Waals surface area (Å²) in [5.74, 6) is 0.645. The molecule has 0 aliphatic carbocycles. The number of aromatic nitrogens is 4. The number of likely N-dealkylation sites (N-methyl/N-ethyl adjacent to an activating group) is 2. The predicted molar refractivity (Wildman–Crippen MR) is 185 cm³/mol. The molecule has 0 amide bonds. The second-order valence-corrected chi connectivity index (χ2v) is 13.5. The Morgan fingerprint density at radius 3 is 2.31 bits per heavy atom. The van der Waals surface area contributed by atoms with E-state index in [9.17, 15) is 13.2 Å². The van der Waals surface area contributed by atoms with Gasteiger partial charge in [0.2, 0.25) is 10.0 Å². The maximum atomic E-state index is 13.6. The van der Waals surface area contributed by atoms with Crippen LogP contribution in [0.15, 0.2) is 58.2 Å². The molecule has 2 aromatic heterocycles. The summed E-state index contributed by atoms with van der Waals surface area (Å²) in [4.78, 5) is 22.7. The number of hydrogen-bond donors (Lipinski definition) is 1. The van der Waals surface area contributed by atoms with E-state index in [1.54, 1.807) is 20.2 Å². The molecule has 0 fully saturated rings. The van der Waals surface area contributed by atoms with Crippen molar-refractivity contribution in [3.05, 3.63) is 70.1 Å². The fourth-order valence-corrected chi connectivity index (χ4v) is 6.25. The van der Waals surface area contributed by atoms with Crippen molar-refractivity contribution >= 4 is 21.1 Å². The van der Waals surface area contributed by atoms with Gasteiger partial charge in [-0.3, -0.25) is 9.48 Å². The largest absolute Gasteiger partial charge is 0.493 e. The summed E-state index contributed by atoms with van der Waals surface area (Å²) in [5.41, 5.74) is 2.73. The molecule has 0 saturated carbocycles. The highest BCUT2D eigenvalue weighted by atomic mass is 32.2. The van der Waals surface area contributed by atoms with Crippen molar-refractivity contribution in [3.63, 3.8) is 0 Å². The Morgan fingerprint density at radius 1 is 0.896 bits per heavy atom. The molecule has 0 unspecified atom stereocenters. The minimum Gasteiger partial charge on any atom is -0.493 e. The van der Waals surface area contributed by atoms with Crippen LogP contribution < -0.4 is 10.3 Å². The summed E-state index contributed by atoms with van der Waals surface area (Å²) in [6.07, 6.45) is 1.50. The lowest BCUT2D eigenvalue weighted by atomic mass is 10.1. The fraction of sp³-hybridized carbons (Fsp3) is 0.500. The number of H-pyrrole nitrogens is 1. The first-order valence-electron chi connectivity index (χ1n) is 16.3. The standard InChI is InChI=1S/C34H48N6O7S/c1-6-11-29-31-32(40(5)37-29)34(41)36-33(35-31)28-24-27(14-15-30(28)47-7-2)48(42,43)39(4)17-16-38(3)18-19-44-20-21-45-22-23-46-25-26-12-9-8-10-13-26/h8-10,12-15,24H,6-7,11,16-23,25H2,1-5H3,(H,35,36,41). The van der Waals surface area contributed by atoms with Gasteiger partial charge < -0.3 is 28.8 Å². The van der Waals surface area contributed by atoms with E-state index in [-0.39, 0.29) is 22.8 Å². The first-order valence-corrected chi connectivity index (χ1v) is 17.7. The van der Waals surface area contributed by atoms with Gasteiger partial charge in [0.1, 0.15) is 17.1 Å². The molecule has 4 aromatic rings. The zero-order chi connectivity index (χ0) is 34.5. The lowest BCUT2D eigenvalue weighted by Gasteiger charge is -2.22. The molecule has 13 nitrogen and oxygen atoms in total. The van der Waals surface area contributed by atoms with Crippen molar-refractivity contribution in [1.82, 2.24) is 29.0 Å². The predicted octanol–water partition coefficient (Wildman–Crippen LogP) is 3.48. The van der Waals surface area contributed by atoms with Crippen LogP contribution in [-0.4, -0.2) is 111 Å². The molecule has 48 heavy (non-hydrogen) atoms. The zero-order valence-corrected chi connectivity index (χ0v) is 29.4. The summed E-state index contributed by atoms with van der Waals surface area (Å²) in [6, 6.07) is 14.6. The highest BCUT2D eigenvalue weighted by molar-refractivity contribution is 7.89. The molecule has 262 valence electrons. The Bertz CT molecular complexity index is 1760. The van der Waals surface area contributed by atoms with E-state index < -0.39 is 10.0 Å². The second kappa shape index (κ2) is 18.2. The van der Waals surface area contributed by atoms with Crippen LogP contribution in [0.25, 0.3) is 22.4 Å². The van der Waals surface area contributed by atoms with Crippen LogP contribution in [0, 0.1) is 0 Å². The lowest BCUT2D eigenvalue weighted by Crippen LogP contribution is -2.36. The van der Waals surface area contributed by atoms with E-state index >= 15 is 0 Å². The molecule has 2 heterocycles. The Morgan fingerprint density at radius 2 is 1.60 bits per heavy atom. The third-order valence-corrected chi connectivity index (χ3v) is 9.59. The molecule has 0 radical (unpaired) electrons. The molecule has 2 aromatic carbocycles. The monoisotopic (exact) mass is 684 g/mol. The Labute approximate surface area is 282 Å². The van der Waals surface area contributed by atoms with Crippen LogP contribution in [-0.2, 0) is 44.3 Å². The van der Waals surface area contributed by atoms with Crippen LogP contribution in [0.1, 0.15) is 31.5 Å². The molecule has 0 atom stereocenters. The molecular formula is C34H48N6O7S. The van der Waals surface area contributed by atoms with Gasteiger partial charge in [-0.1, -0.05) is 43.7 Å². The number of benzene rings is 2. The van der Waals surface area contributed by atoms with Crippen molar-refractivity contribution in [3.8, 4) is 17.1 Å². The third kappa shape index (κ3) is 9.94. The van der Waals surface area contributed by atoms with Gasteiger partial charge in [0, 0.05) is 33.7 Å². The zero-order valence-electron chi connectivity index (χ0n) is 28.6.